The minimum atomic E-state index is -1.01. The number of nitrogens with two attached hydrogens (primary N) is 1. The van der Waals surface area contributed by atoms with Gasteiger partial charge in [0.15, 0.2) is 0 Å². The van der Waals surface area contributed by atoms with Crippen molar-refractivity contribution < 1.29 is 14.7 Å². The van der Waals surface area contributed by atoms with Crippen molar-refractivity contribution in [3.05, 3.63) is 64.7 Å². The van der Waals surface area contributed by atoms with Crippen molar-refractivity contribution in [2.75, 3.05) is 4.90 Å². The van der Waals surface area contributed by atoms with E-state index >= 15 is 0 Å². The van der Waals surface area contributed by atoms with Crippen LogP contribution in [0.2, 0.25) is 0 Å². The van der Waals surface area contributed by atoms with Gasteiger partial charge in [0.2, 0.25) is 5.91 Å². The summed E-state index contributed by atoms with van der Waals surface area (Å²) in [5, 5.41) is 12.5. The van der Waals surface area contributed by atoms with Crippen LogP contribution in [0.5, 0.6) is 0 Å². The van der Waals surface area contributed by atoms with E-state index < -0.39 is 12.1 Å². The molecule has 1 aliphatic heterocycles. The van der Waals surface area contributed by atoms with Crippen molar-refractivity contribution >= 4 is 17.7 Å². The van der Waals surface area contributed by atoms with Crippen LogP contribution in [0, 0.1) is 6.92 Å². The molecule has 1 atom stereocenters. The third-order valence-corrected chi connectivity index (χ3v) is 4.45. The molecule has 3 rings (SSSR count). The van der Waals surface area contributed by atoms with Gasteiger partial charge in [0.05, 0.1) is 18.3 Å². The Morgan fingerprint density at radius 1 is 1.28 bits per heavy atom. The minimum Gasteiger partial charge on any atom is -0.465 e. The Kier molecular flexibility index (Phi) is 4.72. The number of amides is 2. The monoisotopic (exact) mass is 339 g/mol. The molecule has 4 N–H and O–H groups in total. The van der Waals surface area contributed by atoms with Gasteiger partial charge in [0, 0.05) is 6.54 Å². The summed E-state index contributed by atoms with van der Waals surface area (Å²) in [4.78, 5) is 25.0. The van der Waals surface area contributed by atoms with E-state index in [1.807, 2.05) is 49.4 Å². The number of carboxylic acid groups (broad SMARTS) is 1. The second kappa shape index (κ2) is 6.94. The minimum absolute atomic E-state index is 0.185. The Bertz CT molecular complexity index is 805. The van der Waals surface area contributed by atoms with Crippen LogP contribution in [0.3, 0.4) is 0 Å². The van der Waals surface area contributed by atoms with Crippen LogP contribution in [0.25, 0.3) is 0 Å². The smallest absolute Gasteiger partial charge is 0.412 e. The van der Waals surface area contributed by atoms with E-state index in [-0.39, 0.29) is 12.5 Å². The molecule has 6 heteroatoms. The number of nitrogens with one attached hydrogen (secondary N) is 1. The summed E-state index contributed by atoms with van der Waals surface area (Å²) in [5.74, 6) is -0.185. The van der Waals surface area contributed by atoms with Crippen LogP contribution in [0.15, 0.2) is 42.5 Å². The predicted octanol–water partition coefficient (Wildman–Crippen LogP) is 2.18. The quantitative estimate of drug-likeness (QED) is 0.798. The van der Waals surface area contributed by atoms with E-state index in [1.54, 1.807) is 0 Å². The van der Waals surface area contributed by atoms with Gasteiger partial charge in [-0.15, -0.1) is 0 Å². The Morgan fingerprint density at radius 2 is 2.00 bits per heavy atom. The van der Waals surface area contributed by atoms with E-state index in [0.717, 1.165) is 22.3 Å². The van der Waals surface area contributed by atoms with Gasteiger partial charge in [-0.1, -0.05) is 36.4 Å². The molecule has 0 spiro atoms. The van der Waals surface area contributed by atoms with Crippen LogP contribution < -0.4 is 16.0 Å². The average molecular weight is 339 g/mol. The van der Waals surface area contributed by atoms with Gasteiger partial charge < -0.3 is 16.2 Å². The number of carbonyl (C=O) groups excluding carboxylic acids is 1. The van der Waals surface area contributed by atoms with E-state index in [2.05, 4.69) is 5.32 Å². The van der Waals surface area contributed by atoms with Gasteiger partial charge in [-0.2, -0.15) is 0 Å². The molecular formula is C19H21N3O3. The first-order valence-electron chi connectivity index (χ1n) is 8.16. The summed E-state index contributed by atoms with van der Waals surface area (Å²) >= 11 is 0. The third kappa shape index (κ3) is 3.64. The molecule has 1 heterocycles. The molecule has 0 saturated heterocycles. The maximum absolute atomic E-state index is 11.8. The number of rotatable bonds is 3. The summed E-state index contributed by atoms with van der Waals surface area (Å²) in [6.07, 6.45) is -0.560. The topological polar surface area (TPSA) is 95.7 Å². The highest BCUT2D eigenvalue weighted by molar-refractivity contribution is 5.88. The first-order chi connectivity index (χ1) is 12.0. The maximum atomic E-state index is 11.8. The fourth-order valence-electron chi connectivity index (χ4n) is 3.11. The Morgan fingerprint density at radius 3 is 2.68 bits per heavy atom. The number of hydrogen-bond acceptors (Lipinski definition) is 3. The predicted molar refractivity (Wildman–Crippen MR) is 95.4 cm³/mol. The van der Waals surface area contributed by atoms with Crippen LogP contribution in [0.4, 0.5) is 10.5 Å². The number of aryl methyl sites for hydroxylation is 1. The van der Waals surface area contributed by atoms with Crippen molar-refractivity contribution in [1.29, 1.82) is 0 Å². The standard InChI is InChI=1S/C19H21N3O3/c1-12-7-14-8-16(20)18(23)21-10-15(14)9-17(12)22(19(24)25)11-13-5-3-2-4-6-13/h2-7,9,16H,8,10-11,20H2,1H3,(H,21,23)(H,24,25). The lowest BCUT2D eigenvalue weighted by Gasteiger charge is -2.23. The Labute approximate surface area is 146 Å². The van der Waals surface area contributed by atoms with Gasteiger partial charge in [0.1, 0.15) is 0 Å². The normalized spacial score (nSPS) is 16.6. The molecule has 2 amide bonds. The number of anilines is 1. The lowest BCUT2D eigenvalue weighted by molar-refractivity contribution is -0.122. The van der Waals surface area contributed by atoms with Crippen LogP contribution in [-0.4, -0.2) is 23.1 Å². The molecule has 2 aromatic rings. The molecule has 6 nitrogen and oxygen atoms in total. The molecular weight excluding hydrogens is 318 g/mol. The van der Waals surface area contributed by atoms with Crippen molar-refractivity contribution in [2.45, 2.75) is 32.5 Å². The average Bonchev–Trinajstić information content (AvgIpc) is 2.72. The molecule has 1 aliphatic rings. The number of benzene rings is 2. The molecule has 0 fully saturated rings. The van der Waals surface area contributed by atoms with Crippen molar-refractivity contribution in [2.24, 2.45) is 5.73 Å². The van der Waals surface area contributed by atoms with Crippen LogP contribution >= 0.6 is 0 Å². The molecule has 2 aromatic carbocycles. The fourth-order valence-corrected chi connectivity index (χ4v) is 3.11. The molecule has 25 heavy (non-hydrogen) atoms. The van der Waals surface area contributed by atoms with E-state index in [1.165, 1.54) is 4.90 Å². The van der Waals surface area contributed by atoms with Gasteiger partial charge in [-0.3, -0.25) is 9.69 Å². The van der Waals surface area contributed by atoms with E-state index in [9.17, 15) is 14.7 Å². The highest BCUT2D eigenvalue weighted by Crippen LogP contribution is 2.28. The number of fused-ring (bicyclic) bond motifs is 1. The summed E-state index contributed by atoms with van der Waals surface area (Å²) in [7, 11) is 0. The van der Waals surface area contributed by atoms with Gasteiger partial charge in [0.25, 0.3) is 0 Å². The molecule has 0 saturated carbocycles. The van der Waals surface area contributed by atoms with Crippen molar-refractivity contribution in [1.82, 2.24) is 5.32 Å². The van der Waals surface area contributed by atoms with Crippen molar-refractivity contribution in [3.8, 4) is 0 Å². The Hall–Kier alpha value is -2.86. The lowest BCUT2D eigenvalue weighted by Crippen LogP contribution is -2.39. The molecule has 0 bridgehead atoms. The molecule has 0 aliphatic carbocycles. The third-order valence-electron chi connectivity index (χ3n) is 4.45. The van der Waals surface area contributed by atoms with Gasteiger partial charge in [-0.25, -0.2) is 4.79 Å². The number of carbonyl (C=O) groups is 2. The zero-order chi connectivity index (χ0) is 18.0. The first kappa shape index (κ1) is 17.0. The number of nitrogens with zero attached hydrogens (tertiary/aromatic N) is 1. The first-order valence-corrected chi connectivity index (χ1v) is 8.16. The lowest BCUT2D eigenvalue weighted by atomic mass is 9.97. The fraction of sp³-hybridized carbons (Fsp3) is 0.263. The molecule has 0 aromatic heterocycles. The van der Waals surface area contributed by atoms with Crippen LogP contribution in [0.1, 0.15) is 22.3 Å². The SMILES string of the molecule is Cc1cc2c(cc1N(Cc1ccccc1)C(=O)O)CNC(=O)C(N)C2. The van der Waals surface area contributed by atoms with Gasteiger partial charge in [-0.05, 0) is 41.7 Å². The van der Waals surface area contributed by atoms with Gasteiger partial charge >= 0.3 is 6.09 Å². The van der Waals surface area contributed by atoms with E-state index in [0.29, 0.717) is 18.7 Å². The second-order valence-electron chi connectivity index (χ2n) is 6.29. The van der Waals surface area contributed by atoms with Crippen molar-refractivity contribution in [3.63, 3.8) is 0 Å². The summed E-state index contributed by atoms with van der Waals surface area (Å²) in [6, 6.07) is 12.7. The van der Waals surface area contributed by atoms with E-state index in [4.69, 9.17) is 5.73 Å². The highest BCUT2D eigenvalue weighted by Gasteiger charge is 2.24. The largest absolute Gasteiger partial charge is 0.465 e. The highest BCUT2D eigenvalue weighted by atomic mass is 16.4. The number of hydrogen-bond donors (Lipinski definition) is 3. The maximum Gasteiger partial charge on any atom is 0.412 e. The summed E-state index contributed by atoms with van der Waals surface area (Å²) in [5.41, 5.74) is 10.1. The zero-order valence-corrected chi connectivity index (χ0v) is 14.0. The Balaban J connectivity index is 1.97. The second-order valence-corrected chi connectivity index (χ2v) is 6.29. The molecule has 0 radical (unpaired) electrons. The summed E-state index contributed by atoms with van der Waals surface area (Å²) < 4.78 is 0. The molecule has 1 unspecified atom stereocenters. The zero-order valence-electron chi connectivity index (χ0n) is 14.0. The van der Waals surface area contributed by atoms with Crippen LogP contribution in [-0.2, 0) is 24.3 Å². The molecule has 130 valence electrons. The summed E-state index contributed by atoms with van der Waals surface area (Å²) in [6.45, 7) is 2.50.